The molecule has 0 aromatic heterocycles. The van der Waals surface area contributed by atoms with Gasteiger partial charge in [-0.05, 0) is 24.9 Å². The molecular formula is C13H20ClN3O. The number of carbonyl (C=O) groups is 1. The van der Waals surface area contributed by atoms with E-state index < -0.39 is 0 Å². The van der Waals surface area contributed by atoms with Crippen molar-refractivity contribution in [2.24, 2.45) is 0 Å². The van der Waals surface area contributed by atoms with Crippen LogP contribution < -0.4 is 16.0 Å². The highest BCUT2D eigenvalue weighted by molar-refractivity contribution is 5.85. The summed E-state index contributed by atoms with van der Waals surface area (Å²) in [6.07, 6.45) is 2.19. The van der Waals surface area contributed by atoms with Gasteiger partial charge in [0.05, 0.1) is 0 Å². The average Bonchev–Trinajstić information content (AvgIpc) is 2.39. The molecule has 0 unspecified atom stereocenters. The first kappa shape index (κ1) is 14.8. The summed E-state index contributed by atoms with van der Waals surface area (Å²) in [5.41, 5.74) is 1.12. The summed E-state index contributed by atoms with van der Waals surface area (Å²) >= 11 is 0. The van der Waals surface area contributed by atoms with Crippen LogP contribution in [0.2, 0.25) is 0 Å². The van der Waals surface area contributed by atoms with Crippen LogP contribution in [0.4, 0.5) is 4.79 Å². The maximum Gasteiger partial charge on any atom is 0.315 e. The van der Waals surface area contributed by atoms with E-state index in [-0.39, 0.29) is 24.5 Å². The molecule has 1 heterocycles. The van der Waals surface area contributed by atoms with Crippen molar-refractivity contribution in [1.82, 2.24) is 16.0 Å². The Kier molecular flexibility index (Phi) is 6.54. The highest BCUT2D eigenvalue weighted by Crippen LogP contribution is 2.01. The molecule has 1 fully saturated rings. The highest BCUT2D eigenvalue weighted by atomic mass is 35.5. The van der Waals surface area contributed by atoms with Crippen molar-refractivity contribution in [3.8, 4) is 0 Å². The molecule has 18 heavy (non-hydrogen) atoms. The summed E-state index contributed by atoms with van der Waals surface area (Å²) in [6, 6.07) is 10.1. The van der Waals surface area contributed by atoms with Gasteiger partial charge in [-0.1, -0.05) is 30.3 Å². The molecule has 2 rings (SSSR count). The molecule has 0 aliphatic carbocycles. The summed E-state index contributed by atoms with van der Waals surface area (Å²) in [6.45, 7) is 2.51. The van der Waals surface area contributed by atoms with E-state index in [2.05, 4.69) is 16.0 Å². The Morgan fingerprint density at radius 1 is 1.33 bits per heavy atom. The lowest BCUT2D eigenvalue weighted by Crippen LogP contribution is -2.48. The number of rotatable bonds is 3. The van der Waals surface area contributed by atoms with E-state index in [9.17, 15) is 4.79 Å². The van der Waals surface area contributed by atoms with Gasteiger partial charge in [0.1, 0.15) is 0 Å². The van der Waals surface area contributed by atoms with Crippen molar-refractivity contribution in [3.05, 3.63) is 35.9 Å². The average molecular weight is 270 g/mol. The molecule has 5 heteroatoms. The van der Waals surface area contributed by atoms with Gasteiger partial charge in [-0.3, -0.25) is 0 Å². The maximum atomic E-state index is 11.6. The Hall–Kier alpha value is -1.26. The number of halogens is 1. The first-order valence-electron chi connectivity index (χ1n) is 6.13. The van der Waals surface area contributed by atoms with Gasteiger partial charge in [0, 0.05) is 19.1 Å². The van der Waals surface area contributed by atoms with Gasteiger partial charge in [0.15, 0.2) is 0 Å². The molecule has 1 saturated heterocycles. The summed E-state index contributed by atoms with van der Waals surface area (Å²) in [4.78, 5) is 11.6. The van der Waals surface area contributed by atoms with Crippen molar-refractivity contribution in [2.45, 2.75) is 25.4 Å². The zero-order chi connectivity index (χ0) is 11.9. The molecule has 0 bridgehead atoms. The molecule has 3 N–H and O–H groups in total. The zero-order valence-corrected chi connectivity index (χ0v) is 11.1. The number of benzene rings is 1. The van der Waals surface area contributed by atoms with E-state index >= 15 is 0 Å². The third-order valence-corrected chi connectivity index (χ3v) is 2.93. The minimum atomic E-state index is -0.0810. The number of hydrogen-bond donors (Lipinski definition) is 3. The van der Waals surface area contributed by atoms with E-state index in [4.69, 9.17) is 0 Å². The Morgan fingerprint density at radius 3 is 2.78 bits per heavy atom. The predicted octanol–water partition coefficient (Wildman–Crippen LogP) is 1.66. The molecular weight excluding hydrogens is 250 g/mol. The van der Waals surface area contributed by atoms with Gasteiger partial charge < -0.3 is 16.0 Å². The molecule has 1 atom stereocenters. The lowest BCUT2D eigenvalue weighted by molar-refractivity contribution is 0.233. The van der Waals surface area contributed by atoms with Crippen molar-refractivity contribution in [3.63, 3.8) is 0 Å². The van der Waals surface area contributed by atoms with Crippen LogP contribution in [0.1, 0.15) is 18.4 Å². The second-order valence-corrected chi connectivity index (χ2v) is 4.36. The maximum absolute atomic E-state index is 11.6. The fourth-order valence-corrected chi connectivity index (χ4v) is 1.99. The zero-order valence-electron chi connectivity index (χ0n) is 10.3. The van der Waals surface area contributed by atoms with Crippen LogP contribution in [-0.2, 0) is 6.54 Å². The van der Waals surface area contributed by atoms with E-state index in [1.54, 1.807) is 0 Å². The van der Waals surface area contributed by atoms with Crippen LogP contribution in [0, 0.1) is 0 Å². The first-order valence-corrected chi connectivity index (χ1v) is 6.13. The van der Waals surface area contributed by atoms with Gasteiger partial charge in [0.2, 0.25) is 0 Å². The molecule has 2 amide bonds. The van der Waals surface area contributed by atoms with Crippen molar-refractivity contribution in [1.29, 1.82) is 0 Å². The number of piperidine rings is 1. The molecule has 0 saturated carbocycles. The number of nitrogens with one attached hydrogen (secondary N) is 3. The molecule has 1 aliphatic rings. The van der Waals surface area contributed by atoms with Gasteiger partial charge in [-0.2, -0.15) is 0 Å². The molecule has 0 spiro atoms. The van der Waals surface area contributed by atoms with Gasteiger partial charge >= 0.3 is 6.03 Å². The van der Waals surface area contributed by atoms with Crippen molar-refractivity contribution in [2.75, 3.05) is 13.1 Å². The highest BCUT2D eigenvalue weighted by Gasteiger charge is 2.14. The molecule has 1 aliphatic heterocycles. The van der Waals surface area contributed by atoms with Crippen LogP contribution >= 0.6 is 12.4 Å². The Labute approximate surface area is 114 Å². The summed E-state index contributed by atoms with van der Waals surface area (Å²) in [5, 5.41) is 9.12. The third-order valence-electron chi connectivity index (χ3n) is 2.93. The fourth-order valence-electron chi connectivity index (χ4n) is 1.99. The Balaban J connectivity index is 0.00000162. The van der Waals surface area contributed by atoms with Crippen LogP contribution in [0.5, 0.6) is 0 Å². The molecule has 4 nitrogen and oxygen atoms in total. The smallest absolute Gasteiger partial charge is 0.315 e. The van der Waals surface area contributed by atoms with Crippen molar-refractivity contribution < 1.29 is 4.79 Å². The Morgan fingerprint density at radius 2 is 2.11 bits per heavy atom. The van der Waals surface area contributed by atoms with Crippen LogP contribution in [0.3, 0.4) is 0 Å². The minimum Gasteiger partial charge on any atom is -0.334 e. The molecule has 1 aromatic rings. The second kappa shape index (κ2) is 7.95. The van der Waals surface area contributed by atoms with E-state index in [0.29, 0.717) is 6.54 Å². The SMILES string of the molecule is Cl.O=C(NCc1ccccc1)N[C@@H]1CCCNC1. The van der Waals surface area contributed by atoms with Gasteiger partial charge in [-0.25, -0.2) is 4.79 Å². The molecule has 1 aromatic carbocycles. The summed E-state index contributed by atoms with van der Waals surface area (Å²) in [5.74, 6) is 0. The largest absolute Gasteiger partial charge is 0.334 e. The third kappa shape index (κ3) is 4.94. The second-order valence-electron chi connectivity index (χ2n) is 4.36. The topological polar surface area (TPSA) is 53.2 Å². The Bertz CT molecular complexity index is 353. The lowest BCUT2D eigenvalue weighted by atomic mass is 10.1. The van der Waals surface area contributed by atoms with E-state index in [1.165, 1.54) is 0 Å². The number of hydrogen-bond acceptors (Lipinski definition) is 2. The first-order chi connectivity index (χ1) is 8.34. The van der Waals surface area contributed by atoms with Gasteiger partial charge in [0.25, 0.3) is 0 Å². The lowest BCUT2D eigenvalue weighted by Gasteiger charge is -2.23. The monoisotopic (exact) mass is 269 g/mol. The van der Waals surface area contributed by atoms with E-state index in [0.717, 1.165) is 31.5 Å². The van der Waals surface area contributed by atoms with Crippen LogP contribution in [0.25, 0.3) is 0 Å². The van der Waals surface area contributed by atoms with E-state index in [1.807, 2.05) is 30.3 Å². The molecule has 100 valence electrons. The number of urea groups is 1. The normalized spacial score (nSPS) is 18.6. The summed E-state index contributed by atoms with van der Waals surface area (Å²) < 4.78 is 0. The molecule has 0 radical (unpaired) electrons. The standard InChI is InChI=1S/C13H19N3O.ClH/c17-13(16-12-7-4-8-14-10-12)15-9-11-5-2-1-3-6-11;/h1-3,5-6,12,14H,4,7-10H2,(H2,15,16,17);1H/t12-;/m1./s1. The quantitative estimate of drug-likeness (QED) is 0.782. The minimum absolute atomic E-state index is 0. The van der Waals surface area contributed by atoms with Crippen molar-refractivity contribution >= 4 is 18.4 Å². The predicted molar refractivity (Wildman–Crippen MR) is 75.0 cm³/mol. The van der Waals surface area contributed by atoms with Gasteiger partial charge in [-0.15, -0.1) is 12.4 Å². The number of carbonyl (C=O) groups excluding carboxylic acids is 1. The fraction of sp³-hybridized carbons (Fsp3) is 0.462. The van der Waals surface area contributed by atoms with Crippen LogP contribution in [0.15, 0.2) is 30.3 Å². The van der Waals surface area contributed by atoms with Crippen LogP contribution in [-0.4, -0.2) is 25.2 Å². The summed E-state index contributed by atoms with van der Waals surface area (Å²) in [7, 11) is 0. The number of amides is 2.